The Morgan fingerprint density at radius 3 is 2.71 bits per heavy atom. The predicted octanol–water partition coefficient (Wildman–Crippen LogP) is 1.17. The fourth-order valence-electron chi connectivity index (χ4n) is 3.07. The van der Waals surface area contributed by atoms with Gasteiger partial charge >= 0.3 is 0 Å². The van der Waals surface area contributed by atoms with E-state index in [1.165, 1.54) is 5.56 Å². The van der Waals surface area contributed by atoms with Crippen LogP contribution in [0.4, 0.5) is 5.95 Å². The van der Waals surface area contributed by atoms with Crippen molar-refractivity contribution in [2.75, 3.05) is 39.0 Å². The van der Waals surface area contributed by atoms with Gasteiger partial charge in [0, 0.05) is 25.1 Å². The Bertz CT molecular complexity index is 726. The molecule has 1 aliphatic rings. The predicted molar refractivity (Wildman–Crippen MR) is 96.5 cm³/mol. The molecule has 2 heterocycles. The first-order valence-corrected chi connectivity index (χ1v) is 8.42. The molecule has 3 N–H and O–H groups in total. The molecule has 128 valence electrons. The quantitative estimate of drug-likeness (QED) is 0.769. The highest BCUT2D eigenvalue weighted by molar-refractivity contribution is 5.35. The molecule has 1 aromatic carbocycles. The maximum atomic E-state index is 12.4. The molecule has 3 rings (SSSR count). The zero-order chi connectivity index (χ0) is 16.9. The Kier molecular flexibility index (Phi) is 5.27. The Balaban J connectivity index is 1.88. The van der Waals surface area contributed by atoms with Crippen LogP contribution in [0.3, 0.4) is 0 Å². The fraction of sp³-hybridized carbons (Fsp3) is 0.444. The maximum absolute atomic E-state index is 12.4. The van der Waals surface area contributed by atoms with Gasteiger partial charge in [-0.3, -0.25) is 9.78 Å². The van der Waals surface area contributed by atoms with Gasteiger partial charge in [0.1, 0.15) is 0 Å². The molecule has 1 atom stereocenters. The van der Waals surface area contributed by atoms with Gasteiger partial charge in [-0.2, -0.15) is 0 Å². The number of H-pyrrole nitrogens is 1. The second kappa shape index (κ2) is 7.59. The van der Waals surface area contributed by atoms with Crippen LogP contribution in [0.2, 0.25) is 0 Å². The van der Waals surface area contributed by atoms with Crippen LogP contribution in [-0.2, 0) is 12.8 Å². The Labute approximate surface area is 142 Å². The third kappa shape index (κ3) is 4.01. The highest BCUT2D eigenvalue weighted by Gasteiger charge is 2.17. The smallest absolute Gasteiger partial charge is 0.255 e. The van der Waals surface area contributed by atoms with Gasteiger partial charge in [-0.05, 0) is 32.6 Å². The molecule has 0 fully saturated rings. The summed E-state index contributed by atoms with van der Waals surface area (Å²) >= 11 is 0. The minimum absolute atomic E-state index is 0.0251. The van der Waals surface area contributed by atoms with Crippen LogP contribution >= 0.6 is 0 Å². The van der Waals surface area contributed by atoms with Crippen molar-refractivity contribution >= 4 is 5.95 Å². The van der Waals surface area contributed by atoms with Crippen LogP contribution in [-0.4, -0.2) is 48.6 Å². The molecule has 0 bridgehead atoms. The summed E-state index contributed by atoms with van der Waals surface area (Å²) in [5, 5.41) is 6.72. The standard InChI is InChI=1S/C18H25N5O/c1-23(2)12-16(13-6-4-3-5-7-13)21-18-20-15-9-11-19-10-8-14(15)17(24)22-18/h3-7,16,19H,8-12H2,1-2H3,(H2,20,21,22,24). The lowest BCUT2D eigenvalue weighted by molar-refractivity contribution is 0.386. The van der Waals surface area contributed by atoms with Gasteiger partial charge in [-0.25, -0.2) is 4.98 Å². The maximum Gasteiger partial charge on any atom is 0.255 e. The number of aromatic amines is 1. The molecule has 0 saturated carbocycles. The van der Waals surface area contributed by atoms with E-state index in [-0.39, 0.29) is 11.6 Å². The highest BCUT2D eigenvalue weighted by Crippen LogP contribution is 2.18. The van der Waals surface area contributed by atoms with Crippen LogP contribution in [0, 0.1) is 0 Å². The number of nitrogens with one attached hydrogen (secondary N) is 3. The number of anilines is 1. The average Bonchev–Trinajstić information content (AvgIpc) is 2.80. The molecule has 6 heteroatoms. The van der Waals surface area contributed by atoms with Crippen molar-refractivity contribution in [2.45, 2.75) is 18.9 Å². The summed E-state index contributed by atoms with van der Waals surface area (Å²) in [7, 11) is 4.08. The number of likely N-dealkylation sites (N-methyl/N-ethyl adjacent to an activating group) is 1. The molecule has 1 unspecified atom stereocenters. The number of aromatic nitrogens is 2. The van der Waals surface area contributed by atoms with E-state index < -0.39 is 0 Å². The van der Waals surface area contributed by atoms with Gasteiger partial charge in [0.15, 0.2) is 0 Å². The minimum Gasteiger partial charge on any atom is -0.348 e. The number of hydrogen-bond acceptors (Lipinski definition) is 5. The zero-order valence-electron chi connectivity index (χ0n) is 14.3. The van der Waals surface area contributed by atoms with E-state index in [0.29, 0.717) is 5.95 Å². The molecule has 0 aliphatic carbocycles. The van der Waals surface area contributed by atoms with Crippen molar-refractivity contribution in [3.05, 3.63) is 57.5 Å². The van der Waals surface area contributed by atoms with Gasteiger partial charge in [0.2, 0.25) is 5.95 Å². The van der Waals surface area contributed by atoms with E-state index in [9.17, 15) is 4.79 Å². The minimum atomic E-state index is -0.0251. The van der Waals surface area contributed by atoms with E-state index >= 15 is 0 Å². The molecular formula is C18H25N5O. The van der Waals surface area contributed by atoms with Crippen molar-refractivity contribution < 1.29 is 0 Å². The van der Waals surface area contributed by atoms with E-state index in [1.54, 1.807) is 0 Å². The lowest BCUT2D eigenvalue weighted by Crippen LogP contribution is -2.28. The third-order valence-corrected chi connectivity index (χ3v) is 4.25. The van der Waals surface area contributed by atoms with Crippen LogP contribution in [0.15, 0.2) is 35.1 Å². The number of benzene rings is 1. The van der Waals surface area contributed by atoms with Crippen molar-refractivity contribution in [3.63, 3.8) is 0 Å². The van der Waals surface area contributed by atoms with Gasteiger partial charge in [-0.1, -0.05) is 30.3 Å². The molecule has 6 nitrogen and oxygen atoms in total. The van der Waals surface area contributed by atoms with Crippen molar-refractivity contribution in [2.24, 2.45) is 0 Å². The lowest BCUT2D eigenvalue weighted by Gasteiger charge is -2.23. The zero-order valence-corrected chi connectivity index (χ0v) is 14.3. The Morgan fingerprint density at radius 1 is 1.21 bits per heavy atom. The van der Waals surface area contributed by atoms with Crippen LogP contribution in [0.5, 0.6) is 0 Å². The molecule has 0 amide bonds. The second-order valence-corrected chi connectivity index (χ2v) is 6.46. The third-order valence-electron chi connectivity index (χ3n) is 4.25. The molecular weight excluding hydrogens is 302 g/mol. The Morgan fingerprint density at radius 2 is 1.96 bits per heavy atom. The van der Waals surface area contributed by atoms with Gasteiger partial charge in [0.25, 0.3) is 5.56 Å². The molecule has 0 radical (unpaired) electrons. The molecule has 0 saturated heterocycles. The summed E-state index contributed by atoms with van der Waals surface area (Å²) in [5.41, 5.74) is 2.87. The largest absolute Gasteiger partial charge is 0.348 e. The number of fused-ring (bicyclic) bond motifs is 1. The van der Waals surface area contributed by atoms with Gasteiger partial charge in [-0.15, -0.1) is 0 Å². The molecule has 0 spiro atoms. The number of hydrogen-bond donors (Lipinski definition) is 3. The SMILES string of the molecule is CN(C)CC(Nc1nc2c(c(=O)[nH]1)CCNCC2)c1ccccc1. The van der Waals surface area contributed by atoms with Crippen LogP contribution in [0.25, 0.3) is 0 Å². The normalized spacial score (nSPS) is 15.6. The van der Waals surface area contributed by atoms with Gasteiger partial charge < -0.3 is 15.5 Å². The van der Waals surface area contributed by atoms with Gasteiger partial charge in [0.05, 0.1) is 11.7 Å². The second-order valence-electron chi connectivity index (χ2n) is 6.46. The first-order chi connectivity index (χ1) is 11.6. The summed E-state index contributed by atoms with van der Waals surface area (Å²) in [6.45, 7) is 2.51. The molecule has 1 aromatic heterocycles. The van der Waals surface area contributed by atoms with E-state index in [2.05, 4.69) is 37.6 Å². The fourth-order valence-corrected chi connectivity index (χ4v) is 3.07. The first-order valence-electron chi connectivity index (χ1n) is 8.42. The monoisotopic (exact) mass is 327 g/mol. The summed E-state index contributed by atoms with van der Waals surface area (Å²) < 4.78 is 0. The van der Waals surface area contributed by atoms with E-state index in [1.807, 2.05) is 32.3 Å². The first kappa shape index (κ1) is 16.7. The summed E-state index contributed by atoms with van der Waals surface area (Å²) in [6, 6.07) is 10.3. The van der Waals surface area contributed by atoms with Crippen molar-refractivity contribution in [3.8, 4) is 0 Å². The molecule has 2 aromatic rings. The summed E-state index contributed by atoms with van der Waals surface area (Å²) in [6.07, 6.45) is 1.52. The summed E-state index contributed by atoms with van der Waals surface area (Å²) in [4.78, 5) is 22.1. The topological polar surface area (TPSA) is 73.0 Å². The number of nitrogens with zero attached hydrogens (tertiary/aromatic N) is 2. The highest BCUT2D eigenvalue weighted by atomic mass is 16.1. The van der Waals surface area contributed by atoms with Crippen LogP contribution < -0.4 is 16.2 Å². The molecule has 1 aliphatic heterocycles. The average molecular weight is 327 g/mol. The number of rotatable bonds is 5. The lowest BCUT2D eigenvalue weighted by atomic mass is 10.1. The van der Waals surface area contributed by atoms with Crippen molar-refractivity contribution in [1.29, 1.82) is 0 Å². The van der Waals surface area contributed by atoms with E-state index in [4.69, 9.17) is 0 Å². The summed E-state index contributed by atoms with van der Waals surface area (Å²) in [5.74, 6) is 0.552. The molecule has 24 heavy (non-hydrogen) atoms. The van der Waals surface area contributed by atoms with E-state index in [0.717, 1.165) is 43.7 Å². The van der Waals surface area contributed by atoms with Crippen LogP contribution in [0.1, 0.15) is 22.9 Å². The Hall–Kier alpha value is -2.18. The van der Waals surface area contributed by atoms with Crippen molar-refractivity contribution in [1.82, 2.24) is 20.2 Å².